The van der Waals surface area contributed by atoms with Crippen LogP contribution in [0.25, 0.3) is 0 Å². The second-order valence-corrected chi connectivity index (χ2v) is 4.16. The van der Waals surface area contributed by atoms with E-state index in [0.29, 0.717) is 0 Å². The summed E-state index contributed by atoms with van der Waals surface area (Å²) < 4.78 is 0. The van der Waals surface area contributed by atoms with E-state index in [2.05, 4.69) is 5.32 Å². The van der Waals surface area contributed by atoms with Crippen molar-refractivity contribution in [3.8, 4) is 0 Å². The van der Waals surface area contributed by atoms with Crippen LogP contribution in [-0.2, 0) is 4.79 Å². The zero-order valence-corrected chi connectivity index (χ0v) is 10.5. The fourth-order valence-electron chi connectivity index (χ4n) is 1.71. The summed E-state index contributed by atoms with van der Waals surface area (Å²) in [5.74, 6) is -0.800. The van der Waals surface area contributed by atoms with E-state index in [9.17, 15) is 4.79 Å². The molecule has 0 spiro atoms. The number of aliphatic carboxylic acids is 1. The second-order valence-electron chi connectivity index (χ2n) is 4.16. The molecule has 0 amide bonds. The highest BCUT2D eigenvalue weighted by Crippen LogP contribution is 2.33. The highest BCUT2D eigenvalue weighted by atomic mass is 35.5. The molecule has 3 nitrogen and oxygen atoms in total. The minimum atomic E-state index is -0.823. The second kappa shape index (κ2) is 5.87. The standard InChI is InChI=1S/C12H17NO2.ClH/c1-12(2,11(14)15)10(13-3)9-7-5-4-6-8-9;/h4-8,10,13H,1-3H3,(H,14,15);1H. The van der Waals surface area contributed by atoms with Crippen LogP contribution in [0.4, 0.5) is 0 Å². The van der Waals surface area contributed by atoms with Gasteiger partial charge in [0.15, 0.2) is 0 Å². The maximum atomic E-state index is 11.2. The molecule has 0 radical (unpaired) electrons. The molecule has 90 valence electrons. The molecule has 0 fully saturated rings. The van der Waals surface area contributed by atoms with Gasteiger partial charge in [0.05, 0.1) is 5.41 Å². The van der Waals surface area contributed by atoms with Crippen molar-refractivity contribution >= 4 is 18.4 Å². The number of benzene rings is 1. The maximum absolute atomic E-state index is 11.2. The van der Waals surface area contributed by atoms with E-state index in [4.69, 9.17) is 5.11 Å². The molecule has 0 aliphatic heterocycles. The van der Waals surface area contributed by atoms with Gasteiger partial charge in [-0.25, -0.2) is 0 Å². The number of hydrogen-bond donors (Lipinski definition) is 2. The lowest BCUT2D eigenvalue weighted by Gasteiger charge is -2.30. The third-order valence-electron chi connectivity index (χ3n) is 2.69. The minimum Gasteiger partial charge on any atom is -0.481 e. The van der Waals surface area contributed by atoms with Crippen LogP contribution in [0.2, 0.25) is 0 Å². The highest BCUT2D eigenvalue weighted by molar-refractivity contribution is 5.85. The van der Waals surface area contributed by atoms with Crippen LogP contribution in [0, 0.1) is 5.41 Å². The predicted octanol–water partition coefficient (Wildman–Crippen LogP) is 2.48. The summed E-state index contributed by atoms with van der Waals surface area (Å²) in [4.78, 5) is 11.2. The number of carbonyl (C=O) groups is 1. The molecule has 0 aromatic heterocycles. The Hall–Kier alpha value is -1.06. The molecular weight excluding hydrogens is 226 g/mol. The molecule has 1 rings (SSSR count). The van der Waals surface area contributed by atoms with Gasteiger partial charge in [-0.3, -0.25) is 4.79 Å². The van der Waals surface area contributed by atoms with Crippen molar-refractivity contribution in [3.05, 3.63) is 35.9 Å². The van der Waals surface area contributed by atoms with Crippen molar-refractivity contribution in [2.45, 2.75) is 19.9 Å². The van der Waals surface area contributed by atoms with Gasteiger partial charge >= 0.3 is 5.97 Å². The number of rotatable bonds is 4. The maximum Gasteiger partial charge on any atom is 0.311 e. The first-order valence-electron chi connectivity index (χ1n) is 4.95. The fourth-order valence-corrected chi connectivity index (χ4v) is 1.71. The molecular formula is C12H18ClNO2. The van der Waals surface area contributed by atoms with Crippen molar-refractivity contribution in [3.63, 3.8) is 0 Å². The zero-order valence-electron chi connectivity index (χ0n) is 9.73. The Kier molecular flexibility index (Phi) is 5.48. The quantitative estimate of drug-likeness (QED) is 0.854. The molecule has 0 heterocycles. The molecule has 0 saturated heterocycles. The van der Waals surface area contributed by atoms with Crippen molar-refractivity contribution in [2.75, 3.05) is 7.05 Å². The smallest absolute Gasteiger partial charge is 0.311 e. The largest absolute Gasteiger partial charge is 0.481 e. The SMILES string of the molecule is CNC(c1ccccc1)C(C)(C)C(=O)O.Cl. The summed E-state index contributed by atoms with van der Waals surface area (Å²) >= 11 is 0. The first-order valence-corrected chi connectivity index (χ1v) is 4.95. The average Bonchev–Trinajstić information content (AvgIpc) is 2.19. The third kappa shape index (κ3) is 2.97. The minimum absolute atomic E-state index is 0. The number of hydrogen-bond acceptors (Lipinski definition) is 2. The Balaban J connectivity index is 0.00000225. The number of carboxylic acid groups (broad SMARTS) is 1. The lowest BCUT2D eigenvalue weighted by atomic mass is 9.80. The number of nitrogens with one attached hydrogen (secondary N) is 1. The Bertz CT molecular complexity index is 338. The first kappa shape index (κ1) is 14.9. The summed E-state index contributed by atoms with van der Waals surface area (Å²) in [5, 5.41) is 12.2. The molecule has 16 heavy (non-hydrogen) atoms. The third-order valence-corrected chi connectivity index (χ3v) is 2.69. The molecule has 0 saturated carbocycles. The van der Waals surface area contributed by atoms with E-state index in [0.717, 1.165) is 5.56 Å². The van der Waals surface area contributed by atoms with Gasteiger partial charge in [-0.05, 0) is 26.5 Å². The predicted molar refractivity (Wildman–Crippen MR) is 66.9 cm³/mol. The van der Waals surface area contributed by atoms with Crippen molar-refractivity contribution in [2.24, 2.45) is 5.41 Å². The Labute approximate surface area is 102 Å². The van der Waals surface area contributed by atoms with E-state index >= 15 is 0 Å². The molecule has 0 bridgehead atoms. The van der Waals surface area contributed by atoms with Gasteiger partial charge in [0, 0.05) is 6.04 Å². The summed E-state index contributed by atoms with van der Waals surface area (Å²) in [6.07, 6.45) is 0. The summed E-state index contributed by atoms with van der Waals surface area (Å²) in [5.41, 5.74) is 0.170. The molecule has 1 atom stereocenters. The normalized spacial score (nSPS) is 12.7. The monoisotopic (exact) mass is 243 g/mol. The lowest BCUT2D eigenvalue weighted by molar-refractivity contribution is -0.148. The van der Waals surface area contributed by atoms with Crippen LogP contribution in [0.5, 0.6) is 0 Å². The van der Waals surface area contributed by atoms with E-state index in [1.807, 2.05) is 30.3 Å². The van der Waals surface area contributed by atoms with Crippen molar-refractivity contribution in [1.82, 2.24) is 5.32 Å². The van der Waals surface area contributed by atoms with Crippen LogP contribution in [0.1, 0.15) is 25.5 Å². The highest BCUT2D eigenvalue weighted by Gasteiger charge is 2.36. The van der Waals surface area contributed by atoms with Gasteiger partial charge < -0.3 is 10.4 Å². The van der Waals surface area contributed by atoms with Crippen LogP contribution in [-0.4, -0.2) is 18.1 Å². The molecule has 1 aromatic carbocycles. The van der Waals surface area contributed by atoms with Gasteiger partial charge in [-0.1, -0.05) is 30.3 Å². The van der Waals surface area contributed by atoms with Crippen LogP contribution in [0.15, 0.2) is 30.3 Å². The molecule has 1 aromatic rings. The molecule has 4 heteroatoms. The first-order chi connectivity index (χ1) is 7.00. The van der Waals surface area contributed by atoms with Gasteiger partial charge in [0.2, 0.25) is 0 Å². The van der Waals surface area contributed by atoms with Crippen LogP contribution in [0.3, 0.4) is 0 Å². The van der Waals surface area contributed by atoms with Crippen LogP contribution < -0.4 is 5.32 Å². The van der Waals surface area contributed by atoms with E-state index in [1.165, 1.54) is 0 Å². The fraction of sp³-hybridized carbons (Fsp3) is 0.417. The summed E-state index contributed by atoms with van der Waals surface area (Å²) in [6, 6.07) is 9.44. The molecule has 2 N–H and O–H groups in total. The van der Waals surface area contributed by atoms with Gasteiger partial charge in [0.25, 0.3) is 0 Å². The van der Waals surface area contributed by atoms with Crippen LogP contribution >= 0.6 is 12.4 Å². The van der Waals surface area contributed by atoms with Gasteiger partial charge in [-0.2, -0.15) is 0 Å². The Morgan fingerprint density at radius 2 is 1.81 bits per heavy atom. The summed E-state index contributed by atoms with van der Waals surface area (Å²) in [7, 11) is 1.78. The van der Waals surface area contributed by atoms with Crippen molar-refractivity contribution in [1.29, 1.82) is 0 Å². The Morgan fingerprint density at radius 1 is 1.31 bits per heavy atom. The number of carboxylic acids is 1. The topological polar surface area (TPSA) is 49.3 Å². The average molecular weight is 244 g/mol. The Morgan fingerprint density at radius 3 is 2.19 bits per heavy atom. The van der Waals surface area contributed by atoms with E-state index in [1.54, 1.807) is 20.9 Å². The molecule has 1 unspecified atom stereocenters. The lowest BCUT2D eigenvalue weighted by Crippen LogP contribution is -2.38. The molecule has 0 aliphatic carbocycles. The zero-order chi connectivity index (χ0) is 11.5. The van der Waals surface area contributed by atoms with E-state index < -0.39 is 11.4 Å². The van der Waals surface area contributed by atoms with E-state index in [-0.39, 0.29) is 18.4 Å². The molecule has 0 aliphatic rings. The van der Waals surface area contributed by atoms with Gasteiger partial charge in [-0.15, -0.1) is 12.4 Å². The van der Waals surface area contributed by atoms with Crippen molar-refractivity contribution < 1.29 is 9.90 Å². The number of halogens is 1. The van der Waals surface area contributed by atoms with Gasteiger partial charge in [0.1, 0.15) is 0 Å². The summed E-state index contributed by atoms with van der Waals surface area (Å²) in [6.45, 7) is 3.45.